The van der Waals surface area contributed by atoms with Gasteiger partial charge in [-0.2, -0.15) is 5.10 Å². The van der Waals surface area contributed by atoms with E-state index in [0.717, 1.165) is 5.52 Å². The van der Waals surface area contributed by atoms with E-state index in [1.807, 2.05) is 23.0 Å². The number of thiophene rings is 1. The number of pyridine rings is 1. The van der Waals surface area contributed by atoms with Gasteiger partial charge in [0, 0.05) is 17.1 Å². The van der Waals surface area contributed by atoms with Crippen LogP contribution in [0.15, 0.2) is 60.2 Å². The number of nitrogens with zero attached hydrogens (tertiary/aromatic N) is 2. The molecular formula is C15H10N2S. The molecule has 1 aromatic carbocycles. The second kappa shape index (κ2) is 3.68. The van der Waals surface area contributed by atoms with Crippen molar-refractivity contribution in [1.82, 2.24) is 9.61 Å². The molecule has 0 radical (unpaired) electrons. The van der Waals surface area contributed by atoms with E-state index in [0.29, 0.717) is 0 Å². The van der Waals surface area contributed by atoms with Gasteiger partial charge in [-0.1, -0.05) is 18.2 Å². The zero-order valence-electron chi connectivity index (χ0n) is 9.58. The molecule has 3 heterocycles. The summed E-state index contributed by atoms with van der Waals surface area (Å²) < 4.78 is 3.24. The lowest BCUT2D eigenvalue weighted by Crippen LogP contribution is -1.86. The maximum absolute atomic E-state index is 4.23. The summed E-state index contributed by atoms with van der Waals surface area (Å²) in [5, 5.41) is 7.68. The van der Waals surface area contributed by atoms with Crippen LogP contribution in [0.3, 0.4) is 0 Å². The second-order valence-corrected chi connectivity index (χ2v) is 5.18. The van der Waals surface area contributed by atoms with Crippen LogP contribution in [0, 0.1) is 0 Å². The molecule has 0 amide bonds. The van der Waals surface area contributed by atoms with Crippen molar-refractivity contribution in [2.45, 2.75) is 0 Å². The fourth-order valence-electron chi connectivity index (χ4n) is 2.31. The van der Waals surface area contributed by atoms with Gasteiger partial charge in [-0.3, -0.25) is 0 Å². The molecule has 0 saturated heterocycles. The molecule has 0 saturated carbocycles. The molecule has 2 nitrogen and oxygen atoms in total. The highest BCUT2D eigenvalue weighted by molar-refractivity contribution is 7.17. The van der Waals surface area contributed by atoms with Crippen LogP contribution in [0.5, 0.6) is 0 Å². The molecule has 0 N–H and O–H groups in total. The Morgan fingerprint density at radius 1 is 1.06 bits per heavy atom. The molecule has 18 heavy (non-hydrogen) atoms. The van der Waals surface area contributed by atoms with Crippen LogP contribution in [0.4, 0.5) is 0 Å². The van der Waals surface area contributed by atoms with Gasteiger partial charge < -0.3 is 0 Å². The van der Waals surface area contributed by atoms with Crippen LogP contribution in [0.25, 0.3) is 26.7 Å². The predicted molar refractivity (Wildman–Crippen MR) is 76.0 cm³/mol. The second-order valence-electron chi connectivity index (χ2n) is 4.26. The van der Waals surface area contributed by atoms with E-state index in [1.165, 1.54) is 21.2 Å². The average molecular weight is 250 g/mol. The monoisotopic (exact) mass is 250 g/mol. The topological polar surface area (TPSA) is 17.3 Å². The molecule has 0 spiro atoms. The standard InChI is InChI=1S/C15H10N2S/c1-2-11-6-9-18-15(11)14(3-1)12-5-8-17-13(10-12)4-7-16-17/h1-10H. The van der Waals surface area contributed by atoms with Crippen molar-refractivity contribution in [2.24, 2.45) is 0 Å². The van der Waals surface area contributed by atoms with E-state index in [4.69, 9.17) is 0 Å². The molecule has 86 valence electrons. The fraction of sp³-hybridized carbons (Fsp3) is 0. The minimum Gasteiger partial charge on any atom is -0.241 e. The summed E-state index contributed by atoms with van der Waals surface area (Å²) in [6, 6.07) is 15.0. The molecule has 3 heteroatoms. The number of hydrogen-bond acceptors (Lipinski definition) is 2. The van der Waals surface area contributed by atoms with E-state index in [9.17, 15) is 0 Å². The molecule has 0 fully saturated rings. The summed E-state index contributed by atoms with van der Waals surface area (Å²) in [6.45, 7) is 0. The van der Waals surface area contributed by atoms with E-state index >= 15 is 0 Å². The fourth-order valence-corrected chi connectivity index (χ4v) is 3.25. The van der Waals surface area contributed by atoms with Crippen molar-refractivity contribution in [3.05, 3.63) is 60.2 Å². The molecule has 4 rings (SSSR count). The zero-order chi connectivity index (χ0) is 11.9. The third-order valence-corrected chi connectivity index (χ3v) is 4.15. The third kappa shape index (κ3) is 1.38. The first kappa shape index (κ1) is 9.85. The lowest BCUT2D eigenvalue weighted by molar-refractivity contribution is 0.962. The first-order chi connectivity index (χ1) is 8.92. The van der Waals surface area contributed by atoms with Gasteiger partial charge in [-0.05, 0) is 46.2 Å². The highest BCUT2D eigenvalue weighted by Crippen LogP contribution is 2.32. The highest BCUT2D eigenvalue weighted by Gasteiger charge is 2.05. The highest BCUT2D eigenvalue weighted by atomic mass is 32.1. The lowest BCUT2D eigenvalue weighted by Gasteiger charge is -2.04. The Morgan fingerprint density at radius 3 is 3.06 bits per heavy atom. The van der Waals surface area contributed by atoms with Gasteiger partial charge in [0.15, 0.2) is 0 Å². The maximum atomic E-state index is 4.23. The first-order valence-corrected chi connectivity index (χ1v) is 6.70. The van der Waals surface area contributed by atoms with Crippen molar-refractivity contribution < 1.29 is 0 Å². The summed E-state index contributed by atoms with van der Waals surface area (Å²) in [7, 11) is 0. The lowest BCUT2D eigenvalue weighted by atomic mass is 10.1. The Kier molecular flexibility index (Phi) is 2.02. The molecular weight excluding hydrogens is 240 g/mol. The molecule has 0 bridgehead atoms. The van der Waals surface area contributed by atoms with Crippen LogP contribution >= 0.6 is 11.3 Å². The van der Waals surface area contributed by atoms with Crippen molar-refractivity contribution in [1.29, 1.82) is 0 Å². The Balaban J connectivity index is 2.03. The first-order valence-electron chi connectivity index (χ1n) is 5.82. The Hall–Kier alpha value is -2.13. The van der Waals surface area contributed by atoms with E-state index in [1.54, 1.807) is 11.3 Å². The van der Waals surface area contributed by atoms with Crippen molar-refractivity contribution in [3.8, 4) is 11.1 Å². The average Bonchev–Trinajstić information content (AvgIpc) is 3.05. The molecule has 3 aromatic heterocycles. The molecule has 0 atom stereocenters. The van der Waals surface area contributed by atoms with Gasteiger partial charge in [0.1, 0.15) is 0 Å². The van der Waals surface area contributed by atoms with E-state index in [-0.39, 0.29) is 0 Å². The van der Waals surface area contributed by atoms with Crippen molar-refractivity contribution in [2.75, 3.05) is 0 Å². The number of aromatic nitrogens is 2. The van der Waals surface area contributed by atoms with Gasteiger partial charge in [0.2, 0.25) is 0 Å². The van der Waals surface area contributed by atoms with Crippen LogP contribution < -0.4 is 0 Å². The summed E-state index contributed by atoms with van der Waals surface area (Å²) >= 11 is 1.79. The Labute approximate surface area is 108 Å². The summed E-state index contributed by atoms with van der Waals surface area (Å²) in [5.41, 5.74) is 3.67. The van der Waals surface area contributed by atoms with Gasteiger partial charge in [0.25, 0.3) is 0 Å². The molecule has 0 aliphatic carbocycles. The Morgan fingerprint density at radius 2 is 2.06 bits per heavy atom. The van der Waals surface area contributed by atoms with Gasteiger partial charge in [0.05, 0.1) is 5.52 Å². The van der Waals surface area contributed by atoms with Gasteiger partial charge in [-0.25, -0.2) is 4.52 Å². The minimum atomic E-state index is 1.13. The van der Waals surface area contributed by atoms with Gasteiger partial charge >= 0.3 is 0 Å². The van der Waals surface area contributed by atoms with Crippen molar-refractivity contribution in [3.63, 3.8) is 0 Å². The normalized spacial score (nSPS) is 11.3. The Bertz CT molecular complexity index is 842. The van der Waals surface area contributed by atoms with E-state index < -0.39 is 0 Å². The van der Waals surface area contributed by atoms with Crippen LogP contribution in [0.2, 0.25) is 0 Å². The van der Waals surface area contributed by atoms with Gasteiger partial charge in [-0.15, -0.1) is 11.3 Å². The minimum absolute atomic E-state index is 1.13. The van der Waals surface area contributed by atoms with Crippen molar-refractivity contribution >= 4 is 26.9 Å². The number of benzene rings is 1. The largest absolute Gasteiger partial charge is 0.241 e. The van der Waals surface area contributed by atoms with Crippen LogP contribution in [0.1, 0.15) is 0 Å². The SMILES string of the molecule is c1cc(-c2ccn3nccc3c2)c2sccc2c1. The molecule has 4 aromatic rings. The number of rotatable bonds is 1. The van der Waals surface area contributed by atoms with Crippen LogP contribution in [-0.4, -0.2) is 9.61 Å². The third-order valence-electron chi connectivity index (χ3n) is 3.19. The summed E-state index contributed by atoms with van der Waals surface area (Å²) in [5.74, 6) is 0. The van der Waals surface area contributed by atoms with E-state index in [2.05, 4.69) is 46.9 Å². The smallest absolute Gasteiger partial charge is 0.0667 e. The molecule has 0 aliphatic rings. The summed E-state index contributed by atoms with van der Waals surface area (Å²) in [6.07, 6.45) is 3.84. The quantitative estimate of drug-likeness (QED) is 0.494. The number of hydrogen-bond donors (Lipinski definition) is 0. The number of fused-ring (bicyclic) bond motifs is 2. The molecule has 0 aliphatic heterocycles. The molecule has 0 unspecified atom stereocenters. The maximum Gasteiger partial charge on any atom is 0.0667 e. The zero-order valence-corrected chi connectivity index (χ0v) is 10.4. The van der Waals surface area contributed by atoms with Crippen LogP contribution in [-0.2, 0) is 0 Å². The predicted octanol–water partition coefficient (Wildman–Crippen LogP) is 4.22. The summed E-state index contributed by atoms with van der Waals surface area (Å²) in [4.78, 5) is 0.